The summed E-state index contributed by atoms with van der Waals surface area (Å²) >= 11 is 0. The van der Waals surface area contributed by atoms with Crippen LogP contribution in [0.25, 0.3) is 6.08 Å². The van der Waals surface area contributed by atoms with E-state index in [1.54, 1.807) is 6.08 Å². The van der Waals surface area contributed by atoms with Gasteiger partial charge in [-0.1, -0.05) is 50.1 Å². The van der Waals surface area contributed by atoms with Gasteiger partial charge in [-0.3, -0.25) is 9.59 Å². The molecule has 1 N–H and O–H groups in total. The molecule has 1 aromatic carbocycles. The summed E-state index contributed by atoms with van der Waals surface area (Å²) in [5.74, 6) is -1.96. The summed E-state index contributed by atoms with van der Waals surface area (Å²) in [7, 11) is 0. The van der Waals surface area contributed by atoms with Gasteiger partial charge in [-0.25, -0.2) is 4.79 Å². The van der Waals surface area contributed by atoms with E-state index in [1.807, 2.05) is 45.0 Å². The number of carboxylic acids is 1. The predicted octanol–water partition coefficient (Wildman–Crippen LogP) is 4.52. The standard InChI is InChI=1S/C21H26O4/c1-5-9-16(6-2)19(21(24)25)20(23)18(12-15(4)22)13-17-11-8-7-10-14(17)3/h7-8,10-11,13H,5-6,9,12H2,1-4H3,(H,24,25)/b18-13-,19-16+. The zero-order valence-electron chi connectivity index (χ0n) is 15.4. The van der Waals surface area contributed by atoms with Crippen LogP contribution in [0.1, 0.15) is 57.6 Å². The number of rotatable bonds is 9. The highest BCUT2D eigenvalue weighted by atomic mass is 16.4. The second-order valence-electron chi connectivity index (χ2n) is 6.12. The van der Waals surface area contributed by atoms with Gasteiger partial charge in [0.15, 0.2) is 5.78 Å². The Bertz CT molecular complexity index is 723. The maximum Gasteiger partial charge on any atom is 0.339 e. The van der Waals surface area contributed by atoms with E-state index in [2.05, 4.69) is 0 Å². The van der Waals surface area contributed by atoms with Gasteiger partial charge in [-0.05, 0) is 43.9 Å². The number of benzene rings is 1. The molecule has 0 atom stereocenters. The van der Waals surface area contributed by atoms with Crippen LogP contribution in [-0.2, 0) is 14.4 Å². The van der Waals surface area contributed by atoms with Crippen molar-refractivity contribution in [2.24, 2.45) is 0 Å². The Balaban J connectivity index is 3.48. The molecule has 0 radical (unpaired) electrons. The molecule has 0 aliphatic rings. The molecule has 1 aromatic rings. The smallest absolute Gasteiger partial charge is 0.339 e. The van der Waals surface area contributed by atoms with E-state index in [4.69, 9.17) is 0 Å². The maximum atomic E-state index is 13.0. The lowest BCUT2D eigenvalue weighted by Gasteiger charge is -2.12. The highest BCUT2D eigenvalue weighted by Crippen LogP contribution is 2.23. The molecule has 0 amide bonds. The second kappa shape index (κ2) is 9.72. The largest absolute Gasteiger partial charge is 0.478 e. The first-order valence-corrected chi connectivity index (χ1v) is 8.57. The van der Waals surface area contributed by atoms with Crippen LogP contribution in [0.4, 0.5) is 0 Å². The van der Waals surface area contributed by atoms with E-state index in [1.165, 1.54) is 6.92 Å². The lowest BCUT2D eigenvalue weighted by Crippen LogP contribution is -2.18. The third-order valence-corrected chi connectivity index (χ3v) is 4.02. The highest BCUT2D eigenvalue weighted by molar-refractivity contribution is 6.26. The van der Waals surface area contributed by atoms with E-state index < -0.39 is 11.8 Å². The van der Waals surface area contributed by atoms with Gasteiger partial charge in [0, 0.05) is 12.0 Å². The molecule has 134 valence electrons. The summed E-state index contributed by atoms with van der Waals surface area (Å²) in [4.78, 5) is 36.3. The van der Waals surface area contributed by atoms with Crippen molar-refractivity contribution >= 4 is 23.6 Å². The molecule has 0 aromatic heterocycles. The van der Waals surface area contributed by atoms with Crippen LogP contribution in [-0.4, -0.2) is 22.6 Å². The first-order chi connectivity index (χ1) is 11.8. The van der Waals surface area contributed by atoms with Gasteiger partial charge in [0.2, 0.25) is 0 Å². The van der Waals surface area contributed by atoms with Crippen molar-refractivity contribution in [1.82, 2.24) is 0 Å². The first kappa shape index (κ1) is 20.6. The molecule has 0 heterocycles. The van der Waals surface area contributed by atoms with E-state index in [0.717, 1.165) is 17.5 Å². The normalized spacial score (nSPS) is 12.6. The number of hydrogen-bond acceptors (Lipinski definition) is 3. The zero-order chi connectivity index (χ0) is 19.0. The van der Waals surface area contributed by atoms with Crippen molar-refractivity contribution in [3.8, 4) is 0 Å². The zero-order valence-corrected chi connectivity index (χ0v) is 15.4. The molecule has 4 nitrogen and oxygen atoms in total. The lowest BCUT2D eigenvalue weighted by atomic mass is 9.91. The van der Waals surface area contributed by atoms with Crippen molar-refractivity contribution < 1.29 is 19.5 Å². The second-order valence-corrected chi connectivity index (χ2v) is 6.12. The summed E-state index contributed by atoms with van der Waals surface area (Å²) < 4.78 is 0. The summed E-state index contributed by atoms with van der Waals surface area (Å²) in [6, 6.07) is 7.49. The van der Waals surface area contributed by atoms with E-state index in [0.29, 0.717) is 18.4 Å². The molecule has 0 aliphatic heterocycles. The van der Waals surface area contributed by atoms with Crippen molar-refractivity contribution in [2.75, 3.05) is 0 Å². The minimum Gasteiger partial charge on any atom is -0.478 e. The molecule has 0 unspecified atom stereocenters. The molecule has 0 aliphatic carbocycles. The number of aryl methyl sites for hydroxylation is 1. The van der Waals surface area contributed by atoms with Gasteiger partial charge in [0.1, 0.15) is 11.4 Å². The molecule has 0 saturated heterocycles. The molecule has 0 bridgehead atoms. The Morgan fingerprint density at radius 2 is 1.76 bits per heavy atom. The number of carbonyl (C=O) groups is 3. The Morgan fingerprint density at radius 1 is 1.12 bits per heavy atom. The van der Waals surface area contributed by atoms with Crippen molar-refractivity contribution in [3.05, 3.63) is 52.1 Å². The van der Waals surface area contributed by atoms with Crippen LogP contribution in [0.5, 0.6) is 0 Å². The predicted molar refractivity (Wildman–Crippen MR) is 99.3 cm³/mol. The highest BCUT2D eigenvalue weighted by Gasteiger charge is 2.25. The van der Waals surface area contributed by atoms with Crippen LogP contribution in [0.2, 0.25) is 0 Å². The Labute approximate surface area is 149 Å². The molecule has 25 heavy (non-hydrogen) atoms. The Kier molecular flexibility index (Phi) is 7.99. The number of carboxylic acid groups (broad SMARTS) is 1. The summed E-state index contributed by atoms with van der Waals surface area (Å²) in [6.45, 7) is 7.09. The molecule has 0 saturated carbocycles. The molecule has 0 spiro atoms. The summed E-state index contributed by atoms with van der Waals surface area (Å²) in [5, 5.41) is 9.58. The number of hydrogen-bond donors (Lipinski definition) is 1. The lowest BCUT2D eigenvalue weighted by molar-refractivity contribution is -0.134. The average molecular weight is 342 g/mol. The molecular formula is C21H26O4. The van der Waals surface area contributed by atoms with Crippen LogP contribution >= 0.6 is 0 Å². The average Bonchev–Trinajstić information content (AvgIpc) is 2.54. The molecular weight excluding hydrogens is 316 g/mol. The Hall–Kier alpha value is -2.49. The van der Waals surface area contributed by atoms with Gasteiger partial charge in [-0.2, -0.15) is 0 Å². The third kappa shape index (κ3) is 5.82. The summed E-state index contributed by atoms with van der Waals surface area (Å²) in [6.07, 6.45) is 3.38. The quantitative estimate of drug-likeness (QED) is 0.407. The molecule has 4 heteroatoms. The van der Waals surface area contributed by atoms with Gasteiger partial charge in [0.05, 0.1) is 0 Å². The maximum absolute atomic E-state index is 13.0. The topological polar surface area (TPSA) is 71.4 Å². The molecule has 0 fully saturated rings. The van der Waals surface area contributed by atoms with Gasteiger partial charge >= 0.3 is 5.97 Å². The fraction of sp³-hybridized carbons (Fsp3) is 0.381. The van der Waals surface area contributed by atoms with Crippen molar-refractivity contribution in [2.45, 2.75) is 53.4 Å². The third-order valence-electron chi connectivity index (χ3n) is 4.02. The SMILES string of the molecule is CCC/C(CC)=C(/C(=O)O)C(=O)/C(=C\c1ccccc1C)CC(C)=O. The van der Waals surface area contributed by atoms with Gasteiger partial charge < -0.3 is 5.11 Å². The van der Waals surface area contributed by atoms with Gasteiger partial charge in [0.25, 0.3) is 0 Å². The van der Waals surface area contributed by atoms with Crippen LogP contribution in [0.3, 0.4) is 0 Å². The fourth-order valence-corrected chi connectivity index (χ4v) is 2.75. The fourth-order valence-electron chi connectivity index (χ4n) is 2.75. The van der Waals surface area contributed by atoms with Crippen molar-refractivity contribution in [3.63, 3.8) is 0 Å². The van der Waals surface area contributed by atoms with E-state index in [-0.39, 0.29) is 23.4 Å². The van der Waals surface area contributed by atoms with Crippen LogP contribution in [0.15, 0.2) is 41.0 Å². The number of carbonyl (C=O) groups excluding carboxylic acids is 2. The Morgan fingerprint density at radius 3 is 2.24 bits per heavy atom. The van der Waals surface area contributed by atoms with Crippen molar-refractivity contribution in [1.29, 1.82) is 0 Å². The van der Waals surface area contributed by atoms with Crippen LogP contribution < -0.4 is 0 Å². The van der Waals surface area contributed by atoms with E-state index >= 15 is 0 Å². The number of Topliss-reactive ketones (excluding diaryl/α,β-unsaturated/α-hetero) is 2. The molecule has 1 rings (SSSR count). The number of aliphatic carboxylic acids is 1. The van der Waals surface area contributed by atoms with Gasteiger partial charge in [-0.15, -0.1) is 0 Å². The summed E-state index contributed by atoms with van der Waals surface area (Å²) in [5.41, 5.74) is 2.43. The minimum absolute atomic E-state index is 0.0763. The van der Waals surface area contributed by atoms with E-state index in [9.17, 15) is 19.5 Å². The first-order valence-electron chi connectivity index (χ1n) is 8.57. The number of allylic oxidation sites excluding steroid dienone is 2. The van der Waals surface area contributed by atoms with Crippen LogP contribution in [0, 0.1) is 6.92 Å². The minimum atomic E-state index is -1.23. The number of ketones is 2. The monoisotopic (exact) mass is 342 g/mol.